The molecule has 1 saturated heterocycles. The Labute approximate surface area is 293 Å². The molecular formula is C43H86O2Si. The molecule has 46 heavy (non-hydrogen) atoms. The van der Waals surface area contributed by atoms with Crippen LogP contribution in [0.25, 0.3) is 0 Å². The van der Waals surface area contributed by atoms with Crippen LogP contribution < -0.4 is 0 Å². The van der Waals surface area contributed by atoms with Gasteiger partial charge in [0, 0.05) is 25.5 Å². The molecule has 0 saturated carbocycles. The summed E-state index contributed by atoms with van der Waals surface area (Å²) >= 11 is 0. The van der Waals surface area contributed by atoms with Gasteiger partial charge in [0.1, 0.15) is 0 Å². The lowest BCUT2D eigenvalue weighted by atomic mass is 10.1. The van der Waals surface area contributed by atoms with Crippen molar-refractivity contribution in [3.05, 3.63) is 24.3 Å². The van der Waals surface area contributed by atoms with Crippen molar-refractivity contribution < 1.29 is 9.47 Å². The van der Waals surface area contributed by atoms with Gasteiger partial charge in [-0.05, 0) is 83.5 Å². The fourth-order valence-electron chi connectivity index (χ4n) is 6.30. The van der Waals surface area contributed by atoms with Gasteiger partial charge in [0.05, 0.1) is 8.80 Å². The van der Waals surface area contributed by atoms with Crippen LogP contribution in [0.1, 0.15) is 213 Å². The van der Waals surface area contributed by atoms with E-state index in [4.69, 9.17) is 9.47 Å². The third-order valence-electron chi connectivity index (χ3n) is 9.56. The van der Waals surface area contributed by atoms with Crippen LogP contribution in [0.3, 0.4) is 0 Å². The molecule has 0 amide bonds. The van der Waals surface area contributed by atoms with E-state index >= 15 is 0 Å². The number of ether oxygens (including phenoxy) is 2. The SMILES string of the molecule is CCCCCCCC/C=C\CCCCCCCCOCCCCCCCC/C=C\CCCCCCCC.C[SiH](C)C1CCCCO1. The molecule has 1 fully saturated rings. The highest BCUT2D eigenvalue weighted by atomic mass is 28.3. The third kappa shape index (κ3) is 38.1. The van der Waals surface area contributed by atoms with E-state index in [-0.39, 0.29) is 0 Å². The first-order chi connectivity index (χ1) is 22.7. The monoisotopic (exact) mass is 663 g/mol. The lowest BCUT2D eigenvalue weighted by Gasteiger charge is -2.24. The van der Waals surface area contributed by atoms with Gasteiger partial charge in [0.25, 0.3) is 0 Å². The standard InChI is InChI=1S/C36H70O.C7H16OSi/c1-3-5-7-9-11-13-15-17-19-21-23-25-27-29-31-33-35-37-36-34-32-30-28-26-24-22-20-18-16-14-12-10-8-6-4-2;1-9(2)7-5-3-4-6-8-7/h17-20H,3-16,21-36H2,1-2H3;7,9H,3-6H2,1-2H3/b19-17-,20-18-;. The van der Waals surface area contributed by atoms with Crippen LogP contribution in [-0.4, -0.2) is 34.3 Å². The minimum Gasteiger partial charge on any atom is -0.382 e. The van der Waals surface area contributed by atoms with Gasteiger partial charge in [-0.2, -0.15) is 0 Å². The summed E-state index contributed by atoms with van der Waals surface area (Å²) in [6.07, 6.45) is 52.1. The molecule has 3 heteroatoms. The third-order valence-corrected chi connectivity index (χ3v) is 11.6. The van der Waals surface area contributed by atoms with Gasteiger partial charge in [0.2, 0.25) is 0 Å². The predicted octanol–water partition coefficient (Wildman–Crippen LogP) is 14.7. The second-order valence-electron chi connectivity index (χ2n) is 14.6. The molecule has 1 aliphatic heterocycles. The number of unbranched alkanes of at least 4 members (excludes halogenated alkanes) is 24. The Balaban J connectivity index is 0.00000191. The molecule has 2 nitrogen and oxygen atoms in total. The van der Waals surface area contributed by atoms with Crippen LogP contribution >= 0.6 is 0 Å². The summed E-state index contributed by atoms with van der Waals surface area (Å²) in [5.74, 6) is 0. The molecular weight excluding hydrogens is 577 g/mol. The molecule has 0 aromatic carbocycles. The van der Waals surface area contributed by atoms with Crippen LogP contribution in [0.15, 0.2) is 24.3 Å². The van der Waals surface area contributed by atoms with Gasteiger partial charge < -0.3 is 9.47 Å². The molecule has 1 unspecified atom stereocenters. The van der Waals surface area contributed by atoms with Crippen LogP contribution in [-0.2, 0) is 9.47 Å². The Kier molecular flexibility index (Phi) is 40.5. The summed E-state index contributed by atoms with van der Waals surface area (Å²) in [5, 5.41) is 0. The molecule has 0 N–H and O–H groups in total. The van der Waals surface area contributed by atoms with Crippen molar-refractivity contribution in [3.63, 3.8) is 0 Å². The zero-order chi connectivity index (χ0) is 33.4. The maximum Gasteiger partial charge on any atom is 0.0656 e. The van der Waals surface area contributed by atoms with E-state index < -0.39 is 8.80 Å². The van der Waals surface area contributed by atoms with Gasteiger partial charge >= 0.3 is 0 Å². The average Bonchev–Trinajstić information content (AvgIpc) is 3.07. The van der Waals surface area contributed by atoms with Gasteiger partial charge in [-0.15, -0.1) is 0 Å². The second kappa shape index (κ2) is 40.8. The van der Waals surface area contributed by atoms with Crippen LogP contribution in [0.5, 0.6) is 0 Å². The van der Waals surface area contributed by atoms with Crippen molar-refractivity contribution in [1.82, 2.24) is 0 Å². The summed E-state index contributed by atoms with van der Waals surface area (Å²) in [6.45, 7) is 12.3. The average molecular weight is 663 g/mol. The summed E-state index contributed by atoms with van der Waals surface area (Å²) < 4.78 is 11.5. The Bertz CT molecular complexity index is 556. The van der Waals surface area contributed by atoms with E-state index in [2.05, 4.69) is 51.2 Å². The highest BCUT2D eigenvalue weighted by Gasteiger charge is 2.17. The van der Waals surface area contributed by atoms with E-state index in [0.717, 1.165) is 19.8 Å². The minimum atomic E-state index is -0.474. The fraction of sp³-hybridized carbons (Fsp3) is 0.907. The lowest BCUT2D eigenvalue weighted by Crippen LogP contribution is -2.31. The van der Waals surface area contributed by atoms with Crippen molar-refractivity contribution in [2.24, 2.45) is 0 Å². The van der Waals surface area contributed by atoms with Gasteiger partial charge in [-0.3, -0.25) is 0 Å². The molecule has 0 aromatic heterocycles. The number of allylic oxidation sites excluding steroid dienone is 4. The van der Waals surface area contributed by atoms with Gasteiger partial charge in [-0.25, -0.2) is 0 Å². The van der Waals surface area contributed by atoms with Gasteiger partial charge in [-0.1, -0.05) is 167 Å². The highest BCUT2D eigenvalue weighted by molar-refractivity contribution is 6.57. The Morgan fingerprint density at radius 2 is 0.826 bits per heavy atom. The van der Waals surface area contributed by atoms with E-state index in [0.29, 0.717) is 5.73 Å². The summed E-state index contributed by atoms with van der Waals surface area (Å²) in [5.41, 5.74) is 0.693. The largest absolute Gasteiger partial charge is 0.382 e. The minimum absolute atomic E-state index is 0.474. The quantitative estimate of drug-likeness (QED) is 0.0395. The maximum absolute atomic E-state index is 5.85. The number of hydrogen-bond donors (Lipinski definition) is 0. The molecule has 1 aliphatic rings. The molecule has 1 atom stereocenters. The predicted molar refractivity (Wildman–Crippen MR) is 212 cm³/mol. The van der Waals surface area contributed by atoms with Crippen molar-refractivity contribution in [3.8, 4) is 0 Å². The van der Waals surface area contributed by atoms with Crippen molar-refractivity contribution in [2.45, 2.75) is 232 Å². The Morgan fingerprint density at radius 3 is 1.13 bits per heavy atom. The van der Waals surface area contributed by atoms with Crippen molar-refractivity contribution in [1.29, 1.82) is 0 Å². The molecule has 1 heterocycles. The highest BCUT2D eigenvalue weighted by Crippen LogP contribution is 2.15. The summed E-state index contributed by atoms with van der Waals surface area (Å²) in [4.78, 5) is 0. The Hall–Kier alpha value is -0.383. The molecule has 0 aliphatic carbocycles. The first kappa shape index (κ1) is 45.6. The first-order valence-corrected chi connectivity index (χ1v) is 24.2. The van der Waals surface area contributed by atoms with Crippen LogP contribution in [0, 0.1) is 0 Å². The van der Waals surface area contributed by atoms with Crippen LogP contribution in [0.4, 0.5) is 0 Å². The zero-order valence-electron chi connectivity index (χ0n) is 32.3. The number of hydrogen-bond acceptors (Lipinski definition) is 2. The molecule has 274 valence electrons. The molecule has 0 bridgehead atoms. The van der Waals surface area contributed by atoms with Gasteiger partial charge in [0.15, 0.2) is 0 Å². The van der Waals surface area contributed by atoms with E-state index in [9.17, 15) is 0 Å². The normalized spacial score (nSPS) is 15.3. The number of rotatable bonds is 33. The van der Waals surface area contributed by atoms with E-state index in [1.54, 1.807) is 0 Å². The summed E-state index contributed by atoms with van der Waals surface area (Å²) in [6, 6.07) is 0. The molecule has 0 spiro atoms. The van der Waals surface area contributed by atoms with Crippen LogP contribution in [0.2, 0.25) is 13.1 Å². The molecule has 0 radical (unpaired) electrons. The summed E-state index contributed by atoms with van der Waals surface area (Å²) in [7, 11) is -0.474. The van der Waals surface area contributed by atoms with E-state index in [1.807, 2.05) is 0 Å². The fourth-order valence-corrected chi connectivity index (χ4v) is 7.72. The van der Waals surface area contributed by atoms with Crippen molar-refractivity contribution >= 4 is 8.80 Å². The topological polar surface area (TPSA) is 18.5 Å². The molecule has 0 aromatic rings. The smallest absolute Gasteiger partial charge is 0.0656 e. The maximum atomic E-state index is 5.85. The molecule has 1 rings (SSSR count). The lowest BCUT2D eigenvalue weighted by molar-refractivity contribution is 0.0631. The Morgan fingerprint density at radius 1 is 0.478 bits per heavy atom. The second-order valence-corrected chi connectivity index (χ2v) is 17.9. The van der Waals surface area contributed by atoms with Crippen molar-refractivity contribution in [2.75, 3.05) is 19.8 Å². The zero-order valence-corrected chi connectivity index (χ0v) is 33.5. The first-order valence-electron chi connectivity index (χ1n) is 21.2. The van der Waals surface area contributed by atoms with E-state index in [1.165, 1.54) is 199 Å².